The van der Waals surface area contributed by atoms with E-state index in [9.17, 15) is 9.59 Å². The topological polar surface area (TPSA) is 58.2 Å². The van der Waals surface area contributed by atoms with Crippen LogP contribution >= 0.6 is 23.2 Å². The van der Waals surface area contributed by atoms with Gasteiger partial charge in [-0.1, -0.05) is 29.3 Å². The van der Waals surface area contributed by atoms with Crippen molar-refractivity contribution < 1.29 is 9.59 Å². The Bertz CT molecular complexity index is 669. The summed E-state index contributed by atoms with van der Waals surface area (Å²) < 4.78 is 0. The molecule has 0 aromatic heterocycles. The van der Waals surface area contributed by atoms with Crippen molar-refractivity contribution >= 4 is 40.7 Å². The summed E-state index contributed by atoms with van der Waals surface area (Å²) >= 11 is 12.0. The van der Waals surface area contributed by atoms with E-state index < -0.39 is 11.8 Å². The molecule has 4 aliphatic carbocycles. The van der Waals surface area contributed by atoms with Gasteiger partial charge in [0.25, 0.3) is 0 Å². The first-order chi connectivity index (χ1) is 11.4. The first kappa shape index (κ1) is 16.2. The molecule has 0 unspecified atom stereocenters. The van der Waals surface area contributed by atoms with Crippen molar-refractivity contribution in [1.29, 1.82) is 0 Å². The summed E-state index contributed by atoms with van der Waals surface area (Å²) in [6.07, 6.45) is 6.90. The summed E-state index contributed by atoms with van der Waals surface area (Å²) in [7, 11) is 0. The second kappa shape index (κ2) is 5.92. The van der Waals surface area contributed by atoms with Gasteiger partial charge in [-0.25, -0.2) is 0 Å². The molecule has 2 amide bonds. The first-order valence-electron chi connectivity index (χ1n) is 8.52. The van der Waals surface area contributed by atoms with Gasteiger partial charge in [0.2, 0.25) is 0 Å². The minimum Gasteiger partial charge on any atom is -0.342 e. The van der Waals surface area contributed by atoms with E-state index in [1.54, 1.807) is 18.2 Å². The molecule has 4 aliphatic rings. The number of hydrogen-bond acceptors (Lipinski definition) is 2. The predicted octanol–water partition coefficient (Wildman–Crippen LogP) is 4.02. The number of amides is 2. The van der Waals surface area contributed by atoms with Gasteiger partial charge < -0.3 is 10.6 Å². The van der Waals surface area contributed by atoms with Gasteiger partial charge in [-0.05, 0) is 68.4 Å². The number of benzene rings is 1. The lowest BCUT2D eigenvalue weighted by atomic mass is 9.53. The van der Waals surface area contributed by atoms with E-state index in [0.717, 1.165) is 19.3 Å². The highest BCUT2D eigenvalue weighted by Gasteiger charge is 2.51. The molecule has 5 rings (SSSR count). The molecule has 0 heterocycles. The highest BCUT2D eigenvalue weighted by molar-refractivity contribution is 6.45. The van der Waals surface area contributed by atoms with Crippen molar-refractivity contribution in [1.82, 2.24) is 5.32 Å². The molecule has 0 saturated heterocycles. The SMILES string of the molecule is O=C(Nc1cccc(Cl)c1Cl)C(=O)NC12CC3CC(CC(C3)C1)C2. The summed E-state index contributed by atoms with van der Waals surface area (Å²) in [4.78, 5) is 24.7. The molecule has 1 aromatic carbocycles. The maximum atomic E-state index is 12.4. The Morgan fingerprint density at radius 3 is 2.12 bits per heavy atom. The lowest BCUT2D eigenvalue weighted by Crippen LogP contribution is -2.61. The summed E-state index contributed by atoms with van der Waals surface area (Å²) in [5.74, 6) is 0.869. The molecule has 1 aromatic rings. The molecular formula is C18H20Cl2N2O2. The van der Waals surface area contributed by atoms with Crippen LogP contribution in [0.15, 0.2) is 18.2 Å². The van der Waals surface area contributed by atoms with Gasteiger partial charge in [-0.2, -0.15) is 0 Å². The van der Waals surface area contributed by atoms with Gasteiger partial charge >= 0.3 is 11.8 Å². The Morgan fingerprint density at radius 1 is 0.958 bits per heavy atom. The van der Waals surface area contributed by atoms with Crippen LogP contribution in [0.5, 0.6) is 0 Å². The molecule has 4 fully saturated rings. The highest BCUT2D eigenvalue weighted by Crippen LogP contribution is 2.55. The van der Waals surface area contributed by atoms with Crippen LogP contribution in [0.2, 0.25) is 10.0 Å². The fourth-order valence-corrected chi connectivity index (χ4v) is 5.69. The number of halogens is 2. The van der Waals surface area contributed by atoms with Crippen LogP contribution in [0, 0.1) is 17.8 Å². The number of anilines is 1. The molecule has 128 valence electrons. The number of carbonyl (C=O) groups is 2. The smallest absolute Gasteiger partial charge is 0.313 e. The molecule has 2 N–H and O–H groups in total. The first-order valence-corrected chi connectivity index (χ1v) is 9.27. The summed E-state index contributed by atoms with van der Waals surface area (Å²) in [6, 6.07) is 4.94. The summed E-state index contributed by atoms with van der Waals surface area (Å²) in [6.45, 7) is 0. The van der Waals surface area contributed by atoms with Crippen LogP contribution in [-0.4, -0.2) is 17.4 Å². The molecule has 24 heavy (non-hydrogen) atoms. The van der Waals surface area contributed by atoms with Gasteiger partial charge in [-0.3, -0.25) is 9.59 Å². The molecule has 6 heteroatoms. The number of hydrogen-bond donors (Lipinski definition) is 2. The van der Waals surface area contributed by atoms with E-state index in [-0.39, 0.29) is 10.6 Å². The van der Waals surface area contributed by atoms with Crippen LogP contribution in [0.1, 0.15) is 38.5 Å². The molecule has 4 nitrogen and oxygen atoms in total. The van der Waals surface area contributed by atoms with Crippen molar-refractivity contribution in [2.45, 2.75) is 44.1 Å². The van der Waals surface area contributed by atoms with E-state index in [2.05, 4.69) is 10.6 Å². The van der Waals surface area contributed by atoms with E-state index in [4.69, 9.17) is 23.2 Å². The second-order valence-electron chi connectivity index (χ2n) is 7.71. The Balaban J connectivity index is 1.44. The maximum absolute atomic E-state index is 12.4. The largest absolute Gasteiger partial charge is 0.342 e. The molecule has 4 saturated carbocycles. The Morgan fingerprint density at radius 2 is 1.54 bits per heavy atom. The minimum atomic E-state index is -0.685. The lowest BCUT2D eigenvalue weighted by molar-refractivity contribution is -0.139. The van der Waals surface area contributed by atoms with Crippen LogP contribution in [0.4, 0.5) is 5.69 Å². The summed E-state index contributed by atoms with van der Waals surface area (Å²) in [5.41, 5.74) is 0.177. The Kier molecular flexibility index (Phi) is 4.00. The lowest BCUT2D eigenvalue weighted by Gasteiger charge is -2.56. The minimum absolute atomic E-state index is 0.179. The van der Waals surface area contributed by atoms with Crippen molar-refractivity contribution in [3.8, 4) is 0 Å². The Hall–Kier alpha value is -1.26. The number of nitrogens with one attached hydrogen (secondary N) is 2. The third-order valence-electron chi connectivity index (χ3n) is 5.82. The average molecular weight is 367 g/mol. The van der Waals surface area contributed by atoms with E-state index in [0.29, 0.717) is 28.5 Å². The third kappa shape index (κ3) is 2.91. The normalized spacial score (nSPS) is 33.3. The van der Waals surface area contributed by atoms with E-state index in [1.807, 2.05) is 0 Å². The zero-order chi connectivity index (χ0) is 16.9. The van der Waals surface area contributed by atoms with Gasteiger partial charge in [-0.15, -0.1) is 0 Å². The van der Waals surface area contributed by atoms with Crippen LogP contribution in [-0.2, 0) is 9.59 Å². The van der Waals surface area contributed by atoms with Crippen molar-refractivity contribution in [2.24, 2.45) is 17.8 Å². The summed E-state index contributed by atoms with van der Waals surface area (Å²) in [5, 5.41) is 6.21. The number of rotatable bonds is 2. The third-order valence-corrected chi connectivity index (χ3v) is 6.64. The Labute approximate surface area is 151 Å². The molecule has 0 atom stereocenters. The van der Waals surface area contributed by atoms with Crippen LogP contribution in [0.3, 0.4) is 0 Å². The fraction of sp³-hybridized carbons (Fsp3) is 0.556. The zero-order valence-corrected chi connectivity index (χ0v) is 14.8. The standard InChI is InChI=1S/C18H20Cl2N2O2/c19-13-2-1-3-14(15(13)20)21-16(23)17(24)22-18-7-10-4-11(8-18)6-12(5-10)9-18/h1-3,10-12H,4-9H2,(H,21,23)(H,22,24). The van der Waals surface area contributed by atoms with E-state index >= 15 is 0 Å². The zero-order valence-electron chi connectivity index (χ0n) is 13.3. The monoisotopic (exact) mass is 366 g/mol. The van der Waals surface area contributed by atoms with Crippen LogP contribution in [0.25, 0.3) is 0 Å². The second-order valence-corrected chi connectivity index (χ2v) is 8.49. The molecule has 0 aliphatic heterocycles. The predicted molar refractivity (Wildman–Crippen MR) is 94.1 cm³/mol. The highest BCUT2D eigenvalue weighted by atomic mass is 35.5. The molecule has 4 bridgehead atoms. The number of carbonyl (C=O) groups excluding carboxylic acids is 2. The van der Waals surface area contributed by atoms with Gasteiger partial charge in [0.15, 0.2) is 0 Å². The average Bonchev–Trinajstić information content (AvgIpc) is 2.50. The van der Waals surface area contributed by atoms with Crippen molar-refractivity contribution in [2.75, 3.05) is 5.32 Å². The van der Waals surface area contributed by atoms with Gasteiger partial charge in [0.05, 0.1) is 15.7 Å². The molecular weight excluding hydrogens is 347 g/mol. The quantitative estimate of drug-likeness (QED) is 0.776. The van der Waals surface area contributed by atoms with Crippen molar-refractivity contribution in [3.63, 3.8) is 0 Å². The van der Waals surface area contributed by atoms with Crippen molar-refractivity contribution in [3.05, 3.63) is 28.2 Å². The van der Waals surface area contributed by atoms with Gasteiger partial charge in [0.1, 0.15) is 0 Å². The molecule has 0 radical (unpaired) electrons. The molecule has 0 spiro atoms. The van der Waals surface area contributed by atoms with Gasteiger partial charge in [0, 0.05) is 5.54 Å². The maximum Gasteiger partial charge on any atom is 0.313 e. The van der Waals surface area contributed by atoms with E-state index in [1.165, 1.54) is 19.3 Å². The van der Waals surface area contributed by atoms with Crippen LogP contribution < -0.4 is 10.6 Å². The fourth-order valence-electron chi connectivity index (χ4n) is 5.34.